The van der Waals surface area contributed by atoms with Gasteiger partial charge in [0.2, 0.25) is 0 Å². The van der Waals surface area contributed by atoms with Gasteiger partial charge in [-0.15, -0.1) is 0 Å². The molecule has 2 saturated carbocycles. The third kappa shape index (κ3) is 13.3. The van der Waals surface area contributed by atoms with Gasteiger partial charge in [0.15, 0.2) is 19.7 Å². The summed E-state index contributed by atoms with van der Waals surface area (Å²) in [5.74, 6) is -2.43. The van der Waals surface area contributed by atoms with Crippen LogP contribution in [0, 0.1) is 11.8 Å². The summed E-state index contributed by atoms with van der Waals surface area (Å²) in [7, 11) is -6.62. The molecule has 2 aliphatic heterocycles. The van der Waals surface area contributed by atoms with Crippen molar-refractivity contribution in [2.24, 2.45) is 11.8 Å². The topological polar surface area (TPSA) is 196 Å². The summed E-state index contributed by atoms with van der Waals surface area (Å²) in [6, 6.07) is 44.6. The van der Waals surface area contributed by atoms with E-state index in [0.29, 0.717) is 38.6 Å². The van der Waals surface area contributed by atoms with E-state index in [1.54, 1.807) is 84.9 Å². The van der Waals surface area contributed by atoms with E-state index in [1.165, 1.54) is 17.0 Å². The molecule has 0 bridgehead atoms. The van der Waals surface area contributed by atoms with Crippen molar-refractivity contribution in [3.05, 3.63) is 202 Å². The number of esters is 2. The van der Waals surface area contributed by atoms with Gasteiger partial charge in [0.25, 0.3) is 23.6 Å². The maximum atomic E-state index is 13.2. The lowest BCUT2D eigenvalue weighted by Crippen LogP contribution is -2.36. The summed E-state index contributed by atoms with van der Waals surface area (Å²) >= 11 is 3.10. The number of hydrogen-bond acceptors (Lipinski definition) is 12. The van der Waals surface area contributed by atoms with Crippen molar-refractivity contribution in [2.75, 3.05) is 23.5 Å². The van der Waals surface area contributed by atoms with Crippen LogP contribution in [0.25, 0.3) is 0 Å². The predicted octanol–water partition coefficient (Wildman–Crippen LogP) is 8.78. The Morgan fingerprint density at radius 3 is 1.29 bits per heavy atom. The molecule has 73 heavy (non-hydrogen) atoms. The number of rotatable bonds is 17. The Morgan fingerprint density at radius 1 is 0.493 bits per heavy atom. The van der Waals surface area contributed by atoms with Crippen LogP contribution in [0.5, 0.6) is 0 Å². The third-order valence-corrected chi connectivity index (χ3v) is 16.9. The van der Waals surface area contributed by atoms with Gasteiger partial charge in [-0.3, -0.25) is 38.6 Å². The first-order chi connectivity index (χ1) is 35.1. The number of sulfone groups is 2. The third-order valence-electron chi connectivity index (χ3n) is 12.6. The minimum absolute atomic E-state index is 0.0339. The molecule has 6 aromatic carbocycles. The zero-order valence-corrected chi connectivity index (χ0v) is 42.7. The van der Waals surface area contributed by atoms with Crippen LogP contribution in [-0.4, -0.2) is 85.7 Å². The van der Waals surface area contributed by atoms with Crippen molar-refractivity contribution in [1.82, 2.24) is 9.80 Å². The van der Waals surface area contributed by atoms with E-state index in [4.69, 9.17) is 9.47 Å². The molecule has 1 unspecified atom stereocenters. The largest absolute Gasteiger partial charge is 0.461 e. The number of nitrogens with zero attached hydrogens (tertiary/aromatic N) is 2. The van der Waals surface area contributed by atoms with Crippen molar-refractivity contribution in [2.45, 2.75) is 61.0 Å². The van der Waals surface area contributed by atoms with E-state index in [9.17, 15) is 45.6 Å². The molecule has 1 atom stereocenters. The molecule has 6 aromatic rings. The number of fused-ring (bicyclic) bond motifs is 2. The minimum atomic E-state index is -3.42. The Bertz CT molecular complexity index is 3170. The Morgan fingerprint density at radius 2 is 0.877 bits per heavy atom. The monoisotopic (exact) mass is 1090 g/mol. The zero-order valence-electron chi connectivity index (χ0n) is 39.5. The molecule has 0 N–H and O–H groups in total. The first kappa shape index (κ1) is 52.2. The Kier molecular flexibility index (Phi) is 16.6. The Labute approximate surface area is 432 Å². The molecule has 0 aromatic heterocycles. The smallest absolute Gasteiger partial charge is 0.315 e. The Hall–Kier alpha value is -7.08. The molecule has 0 radical (unpaired) electrons. The van der Waals surface area contributed by atoms with E-state index in [-0.39, 0.29) is 71.7 Å². The number of benzene rings is 6. The van der Waals surface area contributed by atoms with E-state index in [0.717, 1.165) is 47.3 Å². The van der Waals surface area contributed by atoms with Crippen LogP contribution in [0.4, 0.5) is 0 Å². The van der Waals surface area contributed by atoms with Gasteiger partial charge in [0.05, 0.1) is 61.3 Å². The van der Waals surface area contributed by atoms with Crippen LogP contribution < -0.4 is 0 Å². The second-order valence-electron chi connectivity index (χ2n) is 18.1. The second kappa shape index (κ2) is 23.2. The molecular formula is C56H51BrN2O12S2. The lowest BCUT2D eigenvalue weighted by Gasteiger charge is -2.22. The molecule has 17 heteroatoms. The molecule has 0 spiro atoms. The highest BCUT2D eigenvalue weighted by Crippen LogP contribution is 2.34. The maximum Gasteiger partial charge on any atom is 0.315 e. The van der Waals surface area contributed by atoms with E-state index in [2.05, 4.69) is 15.9 Å². The summed E-state index contributed by atoms with van der Waals surface area (Å²) in [6.45, 7) is 0.0633. The lowest BCUT2D eigenvalue weighted by atomic mass is 9.98. The standard InChI is InChI=1S/C28H25NO6S.C19H20O4S.C9H6BrNO2/c30-26-23-8-4-5-9-24(23)27(31)29(26)16-25(28(32)35-17-19-6-2-1-3-7-19)21-12-14-22(15-13-21)36(33,34)18-20-10-11-20;20-19(23-13-16-4-2-1-3-5-16)12-15-8-10-18(11-9-15)24(21,22)14-17-6-7-17;10-5-11-8(12)6-3-1-2-4-7(6)9(11)13/h1-9,12-15,20,25H,10-11,16-18H2;1-5,8-11,17H,6-7,12-14H2;1-4H,5H2. The van der Waals surface area contributed by atoms with Crippen molar-refractivity contribution >= 4 is 71.2 Å². The maximum absolute atomic E-state index is 13.2. The van der Waals surface area contributed by atoms with Crippen LogP contribution in [0.3, 0.4) is 0 Å². The van der Waals surface area contributed by atoms with E-state index < -0.39 is 43.4 Å². The van der Waals surface area contributed by atoms with Gasteiger partial charge in [0.1, 0.15) is 13.2 Å². The average molecular weight is 1090 g/mol. The number of halogens is 1. The summed E-state index contributed by atoms with van der Waals surface area (Å²) in [5, 5.41) is 0. The zero-order chi connectivity index (χ0) is 51.7. The first-order valence-corrected chi connectivity index (χ1v) is 28.1. The van der Waals surface area contributed by atoms with E-state index in [1.807, 2.05) is 60.7 Å². The summed E-state index contributed by atoms with van der Waals surface area (Å²) in [5.41, 5.74) is 4.77. The molecule has 10 rings (SSSR count). The molecule has 2 aliphatic carbocycles. The second-order valence-corrected chi connectivity index (χ2v) is 22.7. The van der Waals surface area contributed by atoms with Gasteiger partial charge >= 0.3 is 11.9 Å². The summed E-state index contributed by atoms with van der Waals surface area (Å²) < 4.78 is 60.5. The van der Waals surface area contributed by atoms with E-state index >= 15 is 0 Å². The summed E-state index contributed by atoms with van der Waals surface area (Å²) in [6.07, 6.45) is 3.99. The quantitative estimate of drug-likeness (QED) is 0.0365. The van der Waals surface area contributed by atoms with Crippen molar-refractivity contribution < 1.29 is 55.1 Å². The normalized spacial score (nSPS) is 15.3. The number of alkyl halides is 1. The van der Waals surface area contributed by atoms with Crippen LogP contribution in [0.15, 0.2) is 168 Å². The SMILES string of the molecule is O=C(Cc1ccc(S(=O)(=O)CC2CC2)cc1)OCc1ccccc1.O=C(OCc1ccccc1)C(CN1C(=O)c2ccccc2C1=O)c1ccc(S(=O)(=O)CC2CC2)cc1.O=C1c2ccccc2C(=O)N1CBr. The number of amides is 4. The van der Waals surface area contributed by atoms with Gasteiger partial charge in [-0.05, 0) is 108 Å². The van der Waals surface area contributed by atoms with Gasteiger partial charge in [0, 0.05) is 6.54 Å². The molecule has 4 amide bonds. The number of ether oxygens (including phenoxy) is 2. The number of carbonyl (C=O) groups is 6. The lowest BCUT2D eigenvalue weighted by molar-refractivity contribution is -0.147. The minimum Gasteiger partial charge on any atom is -0.461 e. The molecule has 2 heterocycles. The van der Waals surface area contributed by atoms with Crippen LogP contribution in [0.2, 0.25) is 0 Å². The van der Waals surface area contributed by atoms with Crippen molar-refractivity contribution in [1.29, 1.82) is 0 Å². The fourth-order valence-corrected chi connectivity index (χ4v) is 12.0. The molecule has 4 aliphatic rings. The number of carbonyl (C=O) groups excluding carboxylic acids is 6. The number of imide groups is 2. The molecular weight excluding hydrogens is 1040 g/mol. The number of hydrogen-bond donors (Lipinski definition) is 0. The summed E-state index contributed by atoms with van der Waals surface area (Å²) in [4.78, 5) is 76.8. The molecule has 14 nitrogen and oxygen atoms in total. The fraction of sp³-hybridized carbons (Fsp3) is 0.250. The van der Waals surface area contributed by atoms with Crippen LogP contribution in [-0.2, 0) is 58.4 Å². The van der Waals surface area contributed by atoms with Crippen LogP contribution in [0.1, 0.15) is 95.3 Å². The highest BCUT2D eigenvalue weighted by molar-refractivity contribution is 9.09. The first-order valence-electron chi connectivity index (χ1n) is 23.6. The fourth-order valence-electron chi connectivity index (χ4n) is 8.14. The molecule has 0 saturated heterocycles. The molecule has 376 valence electrons. The Balaban J connectivity index is 0.000000164. The van der Waals surface area contributed by atoms with Gasteiger partial charge in [-0.1, -0.05) is 125 Å². The van der Waals surface area contributed by atoms with Crippen molar-refractivity contribution in [3.63, 3.8) is 0 Å². The molecule has 2 fully saturated rings. The highest BCUT2D eigenvalue weighted by atomic mass is 79.9. The average Bonchev–Trinajstić information content (AvgIpc) is 4.36. The van der Waals surface area contributed by atoms with Gasteiger partial charge < -0.3 is 9.47 Å². The van der Waals surface area contributed by atoms with Crippen molar-refractivity contribution in [3.8, 4) is 0 Å². The highest BCUT2D eigenvalue weighted by Gasteiger charge is 2.39. The van der Waals surface area contributed by atoms with Gasteiger partial charge in [-0.25, -0.2) is 16.8 Å². The van der Waals surface area contributed by atoms with Crippen LogP contribution >= 0.6 is 15.9 Å². The van der Waals surface area contributed by atoms with Gasteiger partial charge in [-0.2, -0.15) is 0 Å². The predicted molar refractivity (Wildman–Crippen MR) is 274 cm³/mol.